The molecule has 0 radical (unpaired) electrons. The molecule has 0 aliphatic heterocycles. The molecule has 2 heterocycles. The average Bonchev–Trinajstić information content (AvgIpc) is 2.85. The number of rotatable bonds is 2. The first-order valence-corrected chi connectivity index (χ1v) is 7.70. The Hall–Kier alpha value is -2.56. The van der Waals surface area contributed by atoms with Crippen LogP contribution in [-0.2, 0) is 12.5 Å². The first-order valence-electron chi connectivity index (χ1n) is 7.70. The number of benzene rings is 1. The summed E-state index contributed by atoms with van der Waals surface area (Å²) in [7, 11) is 1.99. The molecule has 0 saturated heterocycles. The Kier molecular flexibility index (Phi) is 3.72. The summed E-state index contributed by atoms with van der Waals surface area (Å²) in [5.74, 6) is 1.51. The first-order chi connectivity index (χ1) is 10.8. The summed E-state index contributed by atoms with van der Waals surface area (Å²) in [6, 6.07) is 8.27. The number of nitrogens with one attached hydrogen (secondary N) is 1. The Morgan fingerprint density at radius 3 is 2.48 bits per heavy atom. The van der Waals surface area contributed by atoms with Gasteiger partial charge in [0.1, 0.15) is 17.8 Å². The van der Waals surface area contributed by atoms with Crippen molar-refractivity contribution in [1.82, 2.24) is 20.1 Å². The molecule has 0 unspecified atom stereocenters. The monoisotopic (exact) mass is 308 g/mol. The van der Waals surface area contributed by atoms with Gasteiger partial charge in [-0.05, 0) is 13.0 Å². The van der Waals surface area contributed by atoms with Crippen LogP contribution in [-0.4, -0.2) is 20.1 Å². The minimum atomic E-state index is -0.0981. The Morgan fingerprint density at radius 2 is 1.83 bits per heavy atom. The molecule has 118 valence electrons. The van der Waals surface area contributed by atoms with Crippen LogP contribution in [0.5, 0.6) is 0 Å². The minimum Gasteiger partial charge on any atom is -0.221 e. The van der Waals surface area contributed by atoms with Crippen molar-refractivity contribution >= 4 is 0 Å². The zero-order chi connectivity index (χ0) is 16.6. The number of hydrogen-bond acceptors (Lipinski definition) is 3. The van der Waals surface area contributed by atoms with Crippen LogP contribution in [0.4, 0.5) is 0 Å². The number of H-pyrrole nitrogens is 1. The van der Waals surface area contributed by atoms with Crippen molar-refractivity contribution in [3.63, 3.8) is 0 Å². The molecule has 0 spiro atoms. The number of nitrogens with zero attached hydrogens (tertiary/aromatic N) is 4. The molecule has 23 heavy (non-hydrogen) atoms. The zero-order valence-electron chi connectivity index (χ0n) is 14.3. The van der Waals surface area contributed by atoms with E-state index in [4.69, 9.17) is 0 Å². The summed E-state index contributed by atoms with van der Waals surface area (Å²) in [4.78, 5) is 13.3. The van der Waals surface area contributed by atoms with Crippen molar-refractivity contribution < 1.29 is 4.68 Å². The van der Waals surface area contributed by atoms with E-state index in [-0.39, 0.29) is 5.41 Å². The van der Waals surface area contributed by atoms with E-state index in [1.165, 1.54) is 5.56 Å². The van der Waals surface area contributed by atoms with Crippen LogP contribution in [0.25, 0.3) is 22.6 Å². The Bertz CT molecular complexity index is 843. The standard InChI is InChI=1S/C18H21N5/c1-12-10-23(5)22-15(12)13-7-6-8-14(9-13)16-19-11-20-17(21-16)18(2,3)4/h6-11H,1-5H3/p+1. The number of hydrogen-bond donors (Lipinski definition) is 1. The lowest BCUT2D eigenvalue weighted by atomic mass is 9.96. The third-order valence-corrected chi connectivity index (χ3v) is 3.72. The summed E-state index contributed by atoms with van der Waals surface area (Å²) < 4.78 is 1.96. The average molecular weight is 308 g/mol. The van der Waals surface area contributed by atoms with Gasteiger partial charge in [0.05, 0.1) is 0 Å². The molecule has 1 N–H and O–H groups in total. The lowest BCUT2D eigenvalue weighted by Crippen LogP contribution is -2.28. The molecular weight excluding hydrogens is 286 g/mol. The maximum absolute atomic E-state index is 4.64. The van der Waals surface area contributed by atoms with E-state index >= 15 is 0 Å². The fourth-order valence-electron chi connectivity index (χ4n) is 2.55. The molecule has 5 heteroatoms. The normalized spacial score (nSPS) is 11.7. The molecule has 5 nitrogen and oxygen atoms in total. The van der Waals surface area contributed by atoms with Crippen LogP contribution >= 0.6 is 0 Å². The molecule has 0 aliphatic carbocycles. The molecule has 0 atom stereocenters. The predicted molar refractivity (Wildman–Crippen MR) is 89.7 cm³/mol. The Labute approximate surface area is 136 Å². The van der Waals surface area contributed by atoms with Crippen LogP contribution in [0, 0.1) is 6.92 Å². The van der Waals surface area contributed by atoms with Gasteiger partial charge in [-0.1, -0.05) is 39.0 Å². The summed E-state index contributed by atoms with van der Waals surface area (Å²) in [5, 5.41) is 3.34. The maximum Gasteiger partial charge on any atom is 0.198 e. The van der Waals surface area contributed by atoms with Gasteiger partial charge in [-0.25, -0.2) is 15.0 Å². The van der Waals surface area contributed by atoms with Crippen LogP contribution in [0.1, 0.15) is 32.2 Å². The quantitative estimate of drug-likeness (QED) is 0.740. The fourth-order valence-corrected chi connectivity index (χ4v) is 2.55. The highest BCUT2D eigenvalue weighted by molar-refractivity contribution is 5.69. The highest BCUT2D eigenvalue weighted by Crippen LogP contribution is 2.26. The van der Waals surface area contributed by atoms with Crippen LogP contribution in [0.3, 0.4) is 0 Å². The predicted octanol–water partition coefficient (Wildman–Crippen LogP) is 2.96. The van der Waals surface area contributed by atoms with E-state index in [9.17, 15) is 0 Å². The first kappa shape index (κ1) is 15.3. The van der Waals surface area contributed by atoms with Gasteiger partial charge in [0, 0.05) is 22.1 Å². The van der Waals surface area contributed by atoms with Crippen molar-refractivity contribution in [3.05, 3.63) is 48.2 Å². The van der Waals surface area contributed by atoms with Gasteiger partial charge in [0.15, 0.2) is 19.1 Å². The highest BCUT2D eigenvalue weighted by atomic mass is 15.2. The maximum atomic E-state index is 4.64. The molecule has 3 rings (SSSR count). The van der Waals surface area contributed by atoms with Gasteiger partial charge in [-0.2, -0.15) is 5.10 Å². The number of aryl methyl sites for hydroxylation is 2. The van der Waals surface area contributed by atoms with Crippen LogP contribution in [0.2, 0.25) is 0 Å². The van der Waals surface area contributed by atoms with Gasteiger partial charge in [0.25, 0.3) is 0 Å². The Morgan fingerprint density at radius 1 is 1.09 bits per heavy atom. The molecular formula is C18H22N5+. The van der Waals surface area contributed by atoms with Crippen LogP contribution in [0.15, 0.2) is 36.8 Å². The molecule has 0 saturated carbocycles. The largest absolute Gasteiger partial charge is 0.221 e. The fraction of sp³-hybridized carbons (Fsp3) is 0.333. The summed E-state index contributed by atoms with van der Waals surface area (Å²) in [5.41, 5.74) is 4.33. The van der Waals surface area contributed by atoms with E-state index in [2.05, 4.69) is 66.1 Å². The third-order valence-electron chi connectivity index (χ3n) is 3.72. The SMILES string of the molecule is Cc1c[n+](C)[nH]c1-c1cccc(-c2ncnc(C(C)(C)C)n2)c1. The lowest BCUT2D eigenvalue weighted by Gasteiger charge is -2.16. The minimum absolute atomic E-state index is 0.0981. The van der Waals surface area contributed by atoms with Gasteiger partial charge in [-0.3, -0.25) is 0 Å². The molecule has 0 fully saturated rings. The van der Waals surface area contributed by atoms with Crippen molar-refractivity contribution in [2.24, 2.45) is 7.05 Å². The molecule has 0 amide bonds. The van der Waals surface area contributed by atoms with Gasteiger partial charge in [-0.15, -0.1) is 4.68 Å². The third kappa shape index (κ3) is 3.13. The number of aromatic amines is 1. The summed E-state index contributed by atoms with van der Waals surface area (Å²) in [6.45, 7) is 8.40. The van der Waals surface area contributed by atoms with E-state index in [1.807, 2.05) is 23.9 Å². The summed E-state index contributed by atoms with van der Waals surface area (Å²) >= 11 is 0. The molecule has 3 aromatic rings. The van der Waals surface area contributed by atoms with Gasteiger partial charge in [0.2, 0.25) is 0 Å². The molecule has 2 aromatic heterocycles. The lowest BCUT2D eigenvalue weighted by molar-refractivity contribution is -0.726. The van der Waals surface area contributed by atoms with E-state index in [1.54, 1.807) is 6.33 Å². The van der Waals surface area contributed by atoms with Crippen LogP contribution < -0.4 is 4.68 Å². The summed E-state index contributed by atoms with van der Waals surface area (Å²) in [6.07, 6.45) is 3.66. The topological polar surface area (TPSA) is 58.3 Å². The second kappa shape index (κ2) is 5.57. The van der Waals surface area contributed by atoms with Crippen molar-refractivity contribution in [2.75, 3.05) is 0 Å². The van der Waals surface area contributed by atoms with Crippen molar-refractivity contribution in [2.45, 2.75) is 33.1 Å². The smallest absolute Gasteiger partial charge is 0.198 e. The zero-order valence-corrected chi connectivity index (χ0v) is 14.3. The molecule has 0 bridgehead atoms. The second-order valence-corrected chi connectivity index (χ2v) is 6.87. The van der Waals surface area contributed by atoms with Crippen molar-refractivity contribution in [3.8, 4) is 22.6 Å². The van der Waals surface area contributed by atoms with E-state index in [0.717, 1.165) is 22.6 Å². The van der Waals surface area contributed by atoms with Gasteiger partial charge < -0.3 is 0 Å². The van der Waals surface area contributed by atoms with Crippen molar-refractivity contribution in [1.29, 1.82) is 0 Å². The number of aromatic nitrogens is 5. The highest BCUT2D eigenvalue weighted by Gasteiger charge is 2.18. The van der Waals surface area contributed by atoms with E-state index in [0.29, 0.717) is 5.82 Å². The Balaban J connectivity index is 2.05. The van der Waals surface area contributed by atoms with E-state index < -0.39 is 0 Å². The van der Waals surface area contributed by atoms with Gasteiger partial charge >= 0.3 is 0 Å². The molecule has 1 aromatic carbocycles. The molecule has 0 aliphatic rings. The second-order valence-electron chi connectivity index (χ2n) is 6.87.